The van der Waals surface area contributed by atoms with Crippen molar-refractivity contribution in [2.45, 2.75) is 6.54 Å². The standard InChI is InChI=1S/C27H24N4O4/c32-25(18-28-26(33)21-10-8-20(9-11-21)19-5-2-1-3-6-19)30-22-12-14-23(15-13-22)31-27(34)29-17-24-7-4-16-35-24/h1-16H,17-18H2,(H,28,33)(H,30,32)(H2,29,31,34). The minimum Gasteiger partial charge on any atom is -0.467 e. The summed E-state index contributed by atoms with van der Waals surface area (Å²) in [6.45, 7) is 0.102. The molecule has 1 heterocycles. The average Bonchev–Trinajstić information content (AvgIpc) is 3.42. The number of hydrogen-bond donors (Lipinski definition) is 4. The predicted octanol–water partition coefficient (Wildman–Crippen LogP) is 4.64. The Labute approximate surface area is 202 Å². The Morgan fingerprint density at radius 1 is 0.657 bits per heavy atom. The normalized spacial score (nSPS) is 10.3. The molecule has 0 saturated heterocycles. The minimum atomic E-state index is -0.377. The van der Waals surface area contributed by atoms with Crippen molar-refractivity contribution in [3.8, 4) is 11.1 Å². The topological polar surface area (TPSA) is 112 Å². The summed E-state index contributed by atoms with van der Waals surface area (Å²) in [6, 6.07) is 26.8. The smallest absolute Gasteiger partial charge is 0.319 e. The van der Waals surface area contributed by atoms with Crippen LogP contribution in [0.5, 0.6) is 0 Å². The number of rotatable bonds is 8. The summed E-state index contributed by atoms with van der Waals surface area (Å²) in [5.41, 5.74) is 3.64. The van der Waals surface area contributed by atoms with E-state index in [4.69, 9.17) is 4.42 Å². The van der Waals surface area contributed by atoms with Crippen molar-refractivity contribution >= 4 is 29.2 Å². The van der Waals surface area contributed by atoms with Gasteiger partial charge in [-0.25, -0.2) is 4.79 Å². The predicted molar refractivity (Wildman–Crippen MR) is 134 cm³/mol. The lowest BCUT2D eigenvalue weighted by atomic mass is 10.0. The molecule has 4 N–H and O–H groups in total. The number of urea groups is 1. The van der Waals surface area contributed by atoms with E-state index in [2.05, 4.69) is 21.3 Å². The molecule has 4 amide bonds. The largest absolute Gasteiger partial charge is 0.467 e. The van der Waals surface area contributed by atoms with E-state index in [0.717, 1.165) is 11.1 Å². The summed E-state index contributed by atoms with van der Waals surface area (Å²) in [5, 5.41) is 10.7. The summed E-state index contributed by atoms with van der Waals surface area (Å²) in [7, 11) is 0. The van der Waals surface area contributed by atoms with Crippen molar-refractivity contribution in [1.82, 2.24) is 10.6 Å². The van der Waals surface area contributed by atoms with Gasteiger partial charge in [-0.05, 0) is 59.7 Å². The van der Waals surface area contributed by atoms with Crippen molar-refractivity contribution in [3.63, 3.8) is 0 Å². The fourth-order valence-corrected chi connectivity index (χ4v) is 3.31. The molecular formula is C27H24N4O4. The molecule has 0 spiro atoms. The van der Waals surface area contributed by atoms with Crippen LogP contribution >= 0.6 is 0 Å². The number of carbonyl (C=O) groups is 3. The van der Waals surface area contributed by atoms with E-state index in [9.17, 15) is 14.4 Å². The molecule has 1 aromatic heterocycles. The highest BCUT2D eigenvalue weighted by molar-refractivity contribution is 5.99. The van der Waals surface area contributed by atoms with Crippen molar-refractivity contribution < 1.29 is 18.8 Å². The molecule has 0 aliphatic rings. The van der Waals surface area contributed by atoms with Gasteiger partial charge < -0.3 is 25.7 Å². The molecule has 8 heteroatoms. The van der Waals surface area contributed by atoms with Gasteiger partial charge in [0.1, 0.15) is 5.76 Å². The number of benzene rings is 3. The first-order valence-electron chi connectivity index (χ1n) is 11.0. The van der Waals surface area contributed by atoms with Gasteiger partial charge in [-0.15, -0.1) is 0 Å². The zero-order chi connectivity index (χ0) is 24.5. The van der Waals surface area contributed by atoms with E-state index < -0.39 is 0 Å². The van der Waals surface area contributed by atoms with Crippen molar-refractivity contribution in [3.05, 3.63) is 109 Å². The third-order valence-electron chi connectivity index (χ3n) is 5.09. The Morgan fingerprint density at radius 3 is 1.97 bits per heavy atom. The third kappa shape index (κ3) is 6.82. The van der Waals surface area contributed by atoms with Gasteiger partial charge in [0.15, 0.2) is 0 Å². The van der Waals surface area contributed by atoms with Crippen LogP contribution < -0.4 is 21.3 Å². The molecular weight excluding hydrogens is 444 g/mol. The van der Waals surface area contributed by atoms with E-state index in [1.54, 1.807) is 48.5 Å². The number of amides is 4. The number of furan rings is 1. The Hall–Kier alpha value is -4.85. The van der Waals surface area contributed by atoms with E-state index in [1.165, 1.54) is 6.26 Å². The van der Waals surface area contributed by atoms with Crippen LogP contribution in [0.25, 0.3) is 11.1 Å². The lowest BCUT2D eigenvalue weighted by Gasteiger charge is -2.09. The van der Waals surface area contributed by atoms with Crippen LogP contribution in [0.15, 0.2) is 102 Å². The van der Waals surface area contributed by atoms with Gasteiger partial charge in [0.05, 0.1) is 19.4 Å². The highest BCUT2D eigenvalue weighted by Gasteiger charge is 2.09. The van der Waals surface area contributed by atoms with Crippen LogP contribution in [-0.2, 0) is 11.3 Å². The minimum absolute atomic E-state index is 0.172. The first-order chi connectivity index (χ1) is 17.1. The van der Waals surface area contributed by atoms with Gasteiger partial charge in [-0.3, -0.25) is 9.59 Å². The summed E-state index contributed by atoms with van der Waals surface area (Å²) >= 11 is 0. The van der Waals surface area contributed by atoms with Crippen LogP contribution in [0.2, 0.25) is 0 Å². The van der Waals surface area contributed by atoms with Gasteiger partial charge in [0, 0.05) is 16.9 Å². The maximum atomic E-state index is 12.4. The molecule has 0 bridgehead atoms. The molecule has 0 atom stereocenters. The Bertz CT molecular complexity index is 1270. The molecule has 0 saturated carbocycles. The zero-order valence-electron chi connectivity index (χ0n) is 18.8. The second kappa shape index (κ2) is 11.3. The Kier molecular flexibility index (Phi) is 7.55. The monoisotopic (exact) mass is 468 g/mol. The summed E-state index contributed by atoms with van der Waals surface area (Å²) in [6.07, 6.45) is 1.54. The quantitative estimate of drug-likeness (QED) is 0.302. The van der Waals surface area contributed by atoms with Crippen LogP contribution in [0.3, 0.4) is 0 Å². The maximum absolute atomic E-state index is 12.4. The second-order valence-electron chi connectivity index (χ2n) is 7.64. The van der Waals surface area contributed by atoms with Crippen LogP contribution in [0, 0.1) is 0 Å². The summed E-state index contributed by atoms with van der Waals surface area (Å²) in [5.74, 6) is -0.0504. The Balaban J connectivity index is 1.21. The zero-order valence-corrected chi connectivity index (χ0v) is 18.8. The average molecular weight is 469 g/mol. The van der Waals surface area contributed by atoms with Gasteiger partial charge in [-0.2, -0.15) is 0 Å². The molecule has 0 fully saturated rings. The number of carbonyl (C=O) groups excluding carboxylic acids is 3. The molecule has 0 aliphatic heterocycles. The molecule has 8 nitrogen and oxygen atoms in total. The SMILES string of the molecule is O=C(CNC(=O)c1ccc(-c2ccccc2)cc1)Nc1ccc(NC(=O)NCc2ccco2)cc1. The number of nitrogens with one attached hydrogen (secondary N) is 4. The molecule has 176 valence electrons. The van der Waals surface area contributed by atoms with Crippen molar-refractivity contribution in [1.29, 1.82) is 0 Å². The Morgan fingerprint density at radius 2 is 1.31 bits per heavy atom. The summed E-state index contributed by atoms with van der Waals surface area (Å²) in [4.78, 5) is 36.6. The first kappa shape index (κ1) is 23.3. The van der Waals surface area contributed by atoms with Crippen molar-refractivity contribution in [2.75, 3.05) is 17.2 Å². The molecule has 0 radical (unpaired) electrons. The van der Waals surface area contributed by atoms with Crippen LogP contribution in [0.4, 0.5) is 16.2 Å². The maximum Gasteiger partial charge on any atom is 0.319 e. The number of anilines is 2. The van der Waals surface area contributed by atoms with Gasteiger partial charge in [0.2, 0.25) is 5.91 Å². The molecule has 0 unspecified atom stereocenters. The molecule has 3 aromatic carbocycles. The third-order valence-corrected chi connectivity index (χ3v) is 5.09. The molecule has 4 rings (SSSR count). The van der Waals surface area contributed by atoms with Crippen molar-refractivity contribution in [2.24, 2.45) is 0 Å². The summed E-state index contributed by atoms with van der Waals surface area (Å²) < 4.78 is 5.16. The lowest BCUT2D eigenvalue weighted by Crippen LogP contribution is -2.32. The van der Waals surface area contributed by atoms with E-state index in [0.29, 0.717) is 22.7 Å². The van der Waals surface area contributed by atoms with Gasteiger partial charge in [-0.1, -0.05) is 42.5 Å². The second-order valence-corrected chi connectivity index (χ2v) is 7.64. The highest BCUT2D eigenvalue weighted by Crippen LogP contribution is 2.19. The highest BCUT2D eigenvalue weighted by atomic mass is 16.3. The van der Waals surface area contributed by atoms with E-state index in [-0.39, 0.29) is 30.9 Å². The fourth-order valence-electron chi connectivity index (χ4n) is 3.31. The van der Waals surface area contributed by atoms with Gasteiger partial charge in [0.25, 0.3) is 5.91 Å². The first-order valence-corrected chi connectivity index (χ1v) is 11.0. The fraction of sp³-hybridized carbons (Fsp3) is 0.0741. The lowest BCUT2D eigenvalue weighted by molar-refractivity contribution is -0.115. The van der Waals surface area contributed by atoms with Crippen LogP contribution in [-0.4, -0.2) is 24.4 Å². The van der Waals surface area contributed by atoms with E-state index in [1.807, 2.05) is 42.5 Å². The van der Waals surface area contributed by atoms with E-state index >= 15 is 0 Å². The molecule has 4 aromatic rings. The number of hydrogen-bond acceptors (Lipinski definition) is 4. The van der Waals surface area contributed by atoms with Crippen LogP contribution in [0.1, 0.15) is 16.1 Å². The van der Waals surface area contributed by atoms with Gasteiger partial charge >= 0.3 is 6.03 Å². The molecule has 35 heavy (non-hydrogen) atoms. The molecule has 0 aliphatic carbocycles.